The molecule has 0 aromatic carbocycles. The van der Waals surface area contributed by atoms with Crippen LogP contribution in [0.3, 0.4) is 0 Å². The highest BCUT2D eigenvalue weighted by Crippen LogP contribution is 2.39. The number of halogens is 6. The molecule has 1 aliphatic carbocycles. The summed E-state index contributed by atoms with van der Waals surface area (Å²) >= 11 is 35.3. The van der Waals surface area contributed by atoms with Crippen LogP contribution >= 0.6 is 69.6 Å². The molecule has 0 atom stereocenters. The van der Waals surface area contributed by atoms with Crippen molar-refractivity contribution in [2.24, 2.45) is 10.8 Å². The molecule has 0 heterocycles. The molecule has 1 aliphatic rings. The van der Waals surface area contributed by atoms with Crippen LogP contribution in [-0.2, 0) is 4.74 Å². The van der Waals surface area contributed by atoms with Gasteiger partial charge in [0.25, 0.3) is 0 Å². The molecule has 29 heavy (non-hydrogen) atoms. The van der Waals surface area contributed by atoms with Crippen molar-refractivity contribution in [1.29, 1.82) is 0 Å². The smallest absolute Gasteiger partial charge is 0.0693 e. The highest BCUT2D eigenvalue weighted by molar-refractivity contribution is 6.45. The Morgan fingerprint density at radius 1 is 0.448 bits per heavy atom. The molecule has 6 N–H and O–H groups in total. The molecule has 0 aliphatic heterocycles. The number of hydrogen-bond acceptors (Lipinski definition) is 7. The number of aliphatic hydroxyl groups excluding tert-OH is 6. The average molecular weight is 545 g/mol. The molecule has 0 amide bonds. The lowest BCUT2D eigenvalue weighted by Crippen LogP contribution is -2.52. The third kappa shape index (κ3) is 8.39. The molecule has 1 rings (SSSR count). The third-order valence-electron chi connectivity index (χ3n) is 4.65. The van der Waals surface area contributed by atoms with Gasteiger partial charge in [-0.1, -0.05) is 0 Å². The Kier molecular flexibility index (Phi) is 15.3. The zero-order valence-electron chi connectivity index (χ0n) is 15.5. The van der Waals surface area contributed by atoms with Gasteiger partial charge in [0.2, 0.25) is 0 Å². The summed E-state index contributed by atoms with van der Waals surface area (Å²) in [5, 5.41) is 51.6. The molecule has 0 unspecified atom stereocenters. The Labute approximate surface area is 200 Å². The van der Waals surface area contributed by atoms with Crippen LogP contribution in [0, 0.1) is 10.8 Å². The van der Waals surface area contributed by atoms with E-state index in [4.69, 9.17) is 105 Å². The van der Waals surface area contributed by atoms with Gasteiger partial charge in [-0.05, 0) is 0 Å². The summed E-state index contributed by atoms with van der Waals surface area (Å²) in [7, 11) is 0. The van der Waals surface area contributed by atoms with E-state index in [1.165, 1.54) is 0 Å². The van der Waals surface area contributed by atoms with Crippen LogP contribution in [0.4, 0.5) is 0 Å². The fraction of sp³-hybridized carbons (Fsp3) is 1.00. The number of rotatable bonds is 10. The summed E-state index contributed by atoms with van der Waals surface area (Å²) < 4.78 is 5.15. The Bertz CT molecular complexity index is 347. The number of alkyl halides is 6. The van der Waals surface area contributed by atoms with Gasteiger partial charge in [-0.15, -0.1) is 69.6 Å². The van der Waals surface area contributed by atoms with Crippen LogP contribution in [0.1, 0.15) is 0 Å². The molecule has 0 saturated heterocycles. The molecule has 0 radical (unpaired) electrons. The lowest BCUT2D eigenvalue weighted by atomic mass is 9.91. The fourth-order valence-electron chi connectivity index (χ4n) is 2.11. The van der Waals surface area contributed by atoms with Gasteiger partial charge in [-0.2, -0.15) is 0 Å². The largest absolute Gasteiger partial charge is 0.396 e. The van der Waals surface area contributed by atoms with Gasteiger partial charge < -0.3 is 35.4 Å². The Balaban J connectivity index is 0.000000571. The first-order valence-electron chi connectivity index (χ1n) is 8.61. The van der Waals surface area contributed by atoms with Crippen molar-refractivity contribution in [3.05, 3.63) is 0 Å². The topological polar surface area (TPSA) is 131 Å². The quantitative estimate of drug-likeness (QED) is 0.222. The van der Waals surface area contributed by atoms with Crippen LogP contribution < -0.4 is 0 Å². The maximum atomic E-state index is 9.03. The molecule has 0 bridgehead atoms. The molecule has 0 spiro atoms. The summed E-state index contributed by atoms with van der Waals surface area (Å²) in [4.78, 5) is 0. The van der Waals surface area contributed by atoms with E-state index in [9.17, 15) is 0 Å². The second kappa shape index (κ2) is 14.6. The second-order valence-corrected chi connectivity index (χ2v) is 10.1. The standard InChI is InChI=1S/C10H22O7.C6H6Cl6/c11-1-9(2-12,3-13)7-17-8-10(4-14,5-15)6-16;7-1-2(8)4(10)6(12)5(11)3(1)9/h11-16H,1-8H2;1-6H/t;1-,2-,3-,4+,5+,6+. The molecule has 1 fully saturated rings. The molecular formula is C16H28Cl6O7. The van der Waals surface area contributed by atoms with E-state index in [1.54, 1.807) is 0 Å². The van der Waals surface area contributed by atoms with E-state index in [0.717, 1.165) is 0 Å². The molecular weight excluding hydrogens is 517 g/mol. The minimum absolute atomic E-state index is 0.141. The van der Waals surface area contributed by atoms with Gasteiger partial charge in [0, 0.05) is 0 Å². The van der Waals surface area contributed by atoms with Gasteiger partial charge in [0.1, 0.15) is 0 Å². The van der Waals surface area contributed by atoms with Crippen LogP contribution in [-0.4, -0.2) is 116 Å². The SMILES string of the molecule is Cl[C@H]1[C@H](Cl)[C@@H](Cl)[C@@H](Cl)[C@H](Cl)[C@H]1Cl.OCC(CO)(CO)COCC(CO)(CO)CO. The molecule has 176 valence electrons. The minimum atomic E-state index is -1.16. The number of ether oxygens (including phenoxy) is 1. The van der Waals surface area contributed by atoms with Gasteiger partial charge >= 0.3 is 0 Å². The van der Waals surface area contributed by atoms with Crippen molar-refractivity contribution < 1.29 is 35.4 Å². The van der Waals surface area contributed by atoms with Crippen molar-refractivity contribution in [3.63, 3.8) is 0 Å². The normalized spacial score (nSPS) is 30.6. The molecule has 1 saturated carbocycles. The fourth-order valence-corrected chi connectivity index (χ4v) is 4.44. The average Bonchev–Trinajstić information content (AvgIpc) is 2.76. The Morgan fingerprint density at radius 3 is 0.759 bits per heavy atom. The van der Waals surface area contributed by atoms with Crippen LogP contribution in [0.2, 0.25) is 0 Å². The van der Waals surface area contributed by atoms with E-state index in [0.29, 0.717) is 0 Å². The first-order chi connectivity index (χ1) is 13.5. The van der Waals surface area contributed by atoms with Crippen molar-refractivity contribution in [3.8, 4) is 0 Å². The van der Waals surface area contributed by atoms with Gasteiger partial charge in [0.15, 0.2) is 0 Å². The van der Waals surface area contributed by atoms with Gasteiger partial charge in [-0.3, -0.25) is 0 Å². The summed E-state index contributed by atoms with van der Waals surface area (Å²) in [5.74, 6) is 0. The van der Waals surface area contributed by atoms with E-state index >= 15 is 0 Å². The Morgan fingerprint density at radius 2 is 0.621 bits per heavy atom. The zero-order chi connectivity index (χ0) is 22.8. The second-order valence-electron chi connectivity index (χ2n) is 7.11. The monoisotopic (exact) mass is 542 g/mol. The van der Waals surface area contributed by atoms with Gasteiger partial charge in [-0.25, -0.2) is 0 Å². The molecule has 7 nitrogen and oxygen atoms in total. The van der Waals surface area contributed by atoms with E-state index in [2.05, 4.69) is 0 Å². The maximum Gasteiger partial charge on any atom is 0.0693 e. The first kappa shape index (κ1) is 30.5. The number of hydrogen-bond donors (Lipinski definition) is 6. The maximum absolute atomic E-state index is 9.03. The lowest BCUT2D eigenvalue weighted by Gasteiger charge is -2.37. The third-order valence-corrected chi connectivity index (χ3v) is 8.69. The number of aliphatic hydroxyl groups is 6. The summed E-state index contributed by atoms with van der Waals surface area (Å²) in [6.07, 6.45) is 0. The van der Waals surface area contributed by atoms with E-state index in [-0.39, 0.29) is 13.2 Å². The summed E-state index contributed by atoms with van der Waals surface area (Å²) in [5.41, 5.74) is -2.32. The molecule has 0 aromatic rings. The van der Waals surface area contributed by atoms with Crippen LogP contribution in [0.25, 0.3) is 0 Å². The molecule has 13 heteroatoms. The van der Waals surface area contributed by atoms with E-state index < -0.39 is 82.7 Å². The predicted octanol–water partition coefficient (Wildman–Crippen LogP) is 0.574. The van der Waals surface area contributed by atoms with Crippen molar-refractivity contribution in [2.75, 3.05) is 52.9 Å². The minimum Gasteiger partial charge on any atom is -0.396 e. The van der Waals surface area contributed by atoms with Crippen molar-refractivity contribution in [2.45, 2.75) is 32.3 Å². The van der Waals surface area contributed by atoms with Crippen molar-refractivity contribution >= 4 is 69.6 Å². The first-order valence-corrected chi connectivity index (χ1v) is 11.2. The zero-order valence-corrected chi connectivity index (χ0v) is 20.0. The Hall–Kier alpha value is 1.46. The van der Waals surface area contributed by atoms with Crippen LogP contribution in [0.5, 0.6) is 0 Å². The van der Waals surface area contributed by atoms with E-state index in [1.807, 2.05) is 0 Å². The highest BCUT2D eigenvalue weighted by Gasteiger charge is 2.46. The summed E-state index contributed by atoms with van der Waals surface area (Å²) in [6.45, 7) is -3.01. The van der Waals surface area contributed by atoms with Crippen molar-refractivity contribution in [1.82, 2.24) is 0 Å². The van der Waals surface area contributed by atoms with Gasteiger partial charge in [0.05, 0.1) is 95.9 Å². The van der Waals surface area contributed by atoms with Crippen LogP contribution in [0.15, 0.2) is 0 Å². The lowest BCUT2D eigenvalue weighted by molar-refractivity contribution is -0.103. The highest BCUT2D eigenvalue weighted by atomic mass is 35.5. The summed E-state index contributed by atoms with van der Waals surface area (Å²) in [6, 6.07) is 0. The molecule has 0 aromatic heterocycles. The predicted molar refractivity (Wildman–Crippen MR) is 116 cm³/mol.